The van der Waals surface area contributed by atoms with Gasteiger partial charge in [0.05, 0.1) is 5.69 Å². The van der Waals surface area contributed by atoms with Crippen LogP contribution in [-0.2, 0) is 4.79 Å². The molecule has 3 aliphatic rings. The molecule has 2 saturated heterocycles. The molecule has 1 amide bonds. The van der Waals surface area contributed by atoms with E-state index in [2.05, 4.69) is 25.0 Å². The number of benzene rings is 1. The monoisotopic (exact) mass is 480 g/mol. The number of carbonyl (C=O) groups is 1. The van der Waals surface area contributed by atoms with E-state index in [4.69, 9.17) is 4.52 Å². The van der Waals surface area contributed by atoms with Gasteiger partial charge in [0.15, 0.2) is 0 Å². The molecule has 8 nitrogen and oxygen atoms in total. The van der Waals surface area contributed by atoms with Gasteiger partial charge < -0.3 is 14.3 Å². The zero-order valence-corrected chi connectivity index (χ0v) is 20.5. The Kier molecular flexibility index (Phi) is 5.82. The maximum atomic E-state index is 14.7. The number of halogens is 1. The molecule has 9 heteroatoms. The summed E-state index contributed by atoms with van der Waals surface area (Å²) in [6.45, 7) is 8.92. The molecule has 0 N–H and O–H groups in total. The summed E-state index contributed by atoms with van der Waals surface area (Å²) in [5.74, 6) is 2.16. The molecule has 1 aromatic carbocycles. The number of hydrogen-bond acceptors (Lipinski definition) is 6. The zero-order valence-electron chi connectivity index (χ0n) is 20.5. The van der Waals surface area contributed by atoms with Crippen LogP contribution in [0.3, 0.4) is 0 Å². The molecule has 2 aromatic heterocycles. The first-order valence-corrected chi connectivity index (χ1v) is 13.0. The van der Waals surface area contributed by atoms with E-state index in [1.165, 1.54) is 10.7 Å². The summed E-state index contributed by atoms with van der Waals surface area (Å²) in [5, 5.41) is 9.59. The fourth-order valence-corrected chi connectivity index (χ4v) is 5.70. The number of piperidine rings is 1. The summed E-state index contributed by atoms with van der Waals surface area (Å²) in [6.07, 6.45) is 5.16. The Labute approximate surface area is 204 Å². The van der Waals surface area contributed by atoms with Crippen LogP contribution in [-0.4, -0.2) is 68.4 Å². The topological polar surface area (TPSA) is 80.3 Å². The lowest BCUT2D eigenvalue weighted by Gasteiger charge is -2.32. The van der Waals surface area contributed by atoms with Crippen molar-refractivity contribution in [3.63, 3.8) is 0 Å². The minimum atomic E-state index is -0.342. The lowest BCUT2D eigenvalue weighted by Crippen LogP contribution is -2.38. The summed E-state index contributed by atoms with van der Waals surface area (Å²) in [7, 11) is 0. The van der Waals surface area contributed by atoms with E-state index >= 15 is 0 Å². The molecule has 3 aromatic rings. The molecule has 4 heterocycles. The summed E-state index contributed by atoms with van der Waals surface area (Å²) in [5.41, 5.74) is 1.22. The summed E-state index contributed by atoms with van der Waals surface area (Å²) in [6, 6.07) is 5.03. The van der Waals surface area contributed by atoms with Crippen molar-refractivity contribution in [3.8, 4) is 5.95 Å². The maximum Gasteiger partial charge on any atom is 0.291 e. The van der Waals surface area contributed by atoms with Gasteiger partial charge in [-0.2, -0.15) is 14.8 Å². The highest BCUT2D eigenvalue weighted by Gasteiger charge is 2.37. The third kappa shape index (κ3) is 4.35. The smallest absolute Gasteiger partial charge is 0.291 e. The molecule has 186 valence electrons. The van der Waals surface area contributed by atoms with Crippen molar-refractivity contribution in [2.24, 2.45) is 11.8 Å². The number of fused-ring (bicyclic) bond motifs is 1. The second-order valence-electron chi connectivity index (χ2n) is 10.8. The summed E-state index contributed by atoms with van der Waals surface area (Å²) < 4.78 is 21.8. The number of likely N-dealkylation sites (tertiary alicyclic amines) is 2. The highest BCUT2D eigenvalue weighted by Crippen LogP contribution is 2.34. The number of rotatable bonds is 6. The Morgan fingerprint density at radius 3 is 2.69 bits per heavy atom. The van der Waals surface area contributed by atoms with Gasteiger partial charge in [0, 0.05) is 36.9 Å². The van der Waals surface area contributed by atoms with Gasteiger partial charge >= 0.3 is 0 Å². The van der Waals surface area contributed by atoms with Gasteiger partial charge in [-0.05, 0) is 68.3 Å². The standard InChI is InChI=1S/C26H33FN6O2/c1-16(2)22-20-4-3-5-21(27)23(20)33(29-22)26-28-24(35-30-26)18-9-11-31(12-10-18)14-17-8-13-32(15-17)25(34)19-6-7-19/h3-5,16-19H,6-15H2,1-2H3/t17-/m0/s1. The van der Waals surface area contributed by atoms with Crippen LogP contribution >= 0.6 is 0 Å². The SMILES string of the molecule is CC(C)c1nn(-c2noc(C3CCN(C[C@@H]4CCN(C(=O)C5CC5)C4)CC3)n2)c2c(F)cccc12. The van der Waals surface area contributed by atoms with Crippen molar-refractivity contribution >= 4 is 16.8 Å². The first kappa shape index (κ1) is 22.6. The third-order valence-electron chi connectivity index (χ3n) is 7.83. The molecule has 2 aliphatic heterocycles. The quantitative estimate of drug-likeness (QED) is 0.528. The number of carbonyl (C=O) groups excluding carboxylic acids is 1. The van der Waals surface area contributed by atoms with Crippen molar-refractivity contribution in [3.05, 3.63) is 35.6 Å². The van der Waals surface area contributed by atoms with E-state index in [1.807, 2.05) is 19.9 Å². The van der Waals surface area contributed by atoms with Crippen LogP contribution in [0, 0.1) is 17.7 Å². The molecule has 0 bridgehead atoms. The fraction of sp³-hybridized carbons (Fsp3) is 0.615. The normalized spacial score (nSPS) is 22.1. The second kappa shape index (κ2) is 9.00. The van der Waals surface area contributed by atoms with Crippen LogP contribution in [0.1, 0.15) is 69.4 Å². The molecule has 35 heavy (non-hydrogen) atoms. The number of para-hydroxylation sites is 1. The minimum Gasteiger partial charge on any atom is -0.342 e. The van der Waals surface area contributed by atoms with Crippen molar-refractivity contribution in [1.29, 1.82) is 0 Å². The molecule has 0 unspecified atom stereocenters. The van der Waals surface area contributed by atoms with E-state index in [9.17, 15) is 9.18 Å². The molecule has 0 radical (unpaired) electrons. The van der Waals surface area contributed by atoms with Gasteiger partial charge in [-0.25, -0.2) is 4.39 Å². The molecule has 3 fully saturated rings. The van der Waals surface area contributed by atoms with Crippen LogP contribution in [0.5, 0.6) is 0 Å². The van der Waals surface area contributed by atoms with E-state index in [0.29, 0.717) is 29.2 Å². The molecule has 1 saturated carbocycles. The van der Waals surface area contributed by atoms with Crippen LogP contribution in [0.2, 0.25) is 0 Å². The van der Waals surface area contributed by atoms with Crippen molar-refractivity contribution < 1.29 is 13.7 Å². The molecule has 6 rings (SSSR count). The number of aromatic nitrogens is 4. The third-order valence-corrected chi connectivity index (χ3v) is 7.83. The van der Waals surface area contributed by atoms with E-state index in [0.717, 1.165) is 75.9 Å². The van der Waals surface area contributed by atoms with Gasteiger partial charge in [0.2, 0.25) is 11.8 Å². The van der Waals surface area contributed by atoms with Crippen molar-refractivity contribution in [1.82, 2.24) is 29.7 Å². The summed E-state index contributed by atoms with van der Waals surface area (Å²) in [4.78, 5) is 21.6. The lowest BCUT2D eigenvalue weighted by atomic mass is 9.95. The largest absolute Gasteiger partial charge is 0.342 e. The van der Waals surface area contributed by atoms with Crippen LogP contribution in [0.25, 0.3) is 16.9 Å². The zero-order chi connectivity index (χ0) is 24.1. The van der Waals surface area contributed by atoms with Gasteiger partial charge in [0.1, 0.15) is 11.3 Å². The van der Waals surface area contributed by atoms with Gasteiger partial charge in [-0.15, -0.1) is 0 Å². The van der Waals surface area contributed by atoms with E-state index in [1.54, 1.807) is 6.07 Å². The highest BCUT2D eigenvalue weighted by molar-refractivity contribution is 5.84. The highest BCUT2D eigenvalue weighted by atomic mass is 19.1. The lowest BCUT2D eigenvalue weighted by molar-refractivity contribution is -0.131. The number of nitrogens with zero attached hydrogens (tertiary/aromatic N) is 6. The Morgan fingerprint density at radius 1 is 1.14 bits per heavy atom. The second-order valence-corrected chi connectivity index (χ2v) is 10.8. The van der Waals surface area contributed by atoms with Crippen LogP contribution < -0.4 is 0 Å². The molecular weight excluding hydrogens is 447 g/mol. The number of amides is 1. The maximum absolute atomic E-state index is 14.7. The first-order valence-electron chi connectivity index (χ1n) is 13.0. The molecular formula is C26H33FN6O2. The van der Waals surface area contributed by atoms with Crippen molar-refractivity contribution in [2.45, 2.75) is 57.8 Å². The predicted molar refractivity (Wildman–Crippen MR) is 129 cm³/mol. The number of hydrogen-bond donors (Lipinski definition) is 0. The average molecular weight is 481 g/mol. The summed E-state index contributed by atoms with van der Waals surface area (Å²) >= 11 is 0. The van der Waals surface area contributed by atoms with Crippen LogP contribution in [0.15, 0.2) is 22.7 Å². The Morgan fingerprint density at radius 2 is 1.94 bits per heavy atom. The van der Waals surface area contributed by atoms with E-state index in [-0.39, 0.29) is 23.6 Å². The molecule has 1 aliphatic carbocycles. The van der Waals surface area contributed by atoms with Crippen LogP contribution in [0.4, 0.5) is 4.39 Å². The Hall–Kier alpha value is -2.81. The van der Waals surface area contributed by atoms with Gasteiger partial charge in [-0.1, -0.05) is 26.0 Å². The molecule has 1 atom stereocenters. The van der Waals surface area contributed by atoms with E-state index < -0.39 is 0 Å². The average Bonchev–Trinajstić information content (AvgIpc) is 3.23. The van der Waals surface area contributed by atoms with Gasteiger partial charge in [0.25, 0.3) is 5.95 Å². The molecule has 0 spiro atoms. The first-order chi connectivity index (χ1) is 17.0. The van der Waals surface area contributed by atoms with Gasteiger partial charge in [-0.3, -0.25) is 4.79 Å². The Bertz CT molecular complexity index is 1220. The minimum absolute atomic E-state index is 0.148. The van der Waals surface area contributed by atoms with Crippen molar-refractivity contribution in [2.75, 3.05) is 32.7 Å². The predicted octanol–water partition coefficient (Wildman–Crippen LogP) is 4.11. The fourth-order valence-electron chi connectivity index (χ4n) is 5.70. The Balaban J connectivity index is 1.10.